The van der Waals surface area contributed by atoms with E-state index in [2.05, 4.69) is 11.2 Å². The van der Waals surface area contributed by atoms with Crippen molar-refractivity contribution in [1.29, 1.82) is 5.26 Å². The summed E-state index contributed by atoms with van der Waals surface area (Å²) >= 11 is 5.89. The van der Waals surface area contributed by atoms with E-state index >= 15 is 0 Å². The van der Waals surface area contributed by atoms with Crippen molar-refractivity contribution in [3.63, 3.8) is 0 Å². The number of para-hydroxylation sites is 1. The van der Waals surface area contributed by atoms with Crippen LogP contribution in [0.25, 0.3) is 10.9 Å². The average Bonchev–Trinajstić information content (AvgIpc) is 2.88. The lowest BCUT2D eigenvalue weighted by Gasteiger charge is -2.06. The number of carbonyl (C=O) groups is 1. The molecule has 5 nitrogen and oxygen atoms in total. The maximum absolute atomic E-state index is 11.3. The van der Waals surface area contributed by atoms with Crippen LogP contribution in [0.3, 0.4) is 0 Å². The fourth-order valence-electron chi connectivity index (χ4n) is 2.36. The highest BCUT2D eigenvalue weighted by molar-refractivity contribution is 6.30. The van der Waals surface area contributed by atoms with Gasteiger partial charge in [0.2, 0.25) is 0 Å². The molecule has 0 saturated carbocycles. The molecule has 1 heterocycles. The third-order valence-corrected chi connectivity index (χ3v) is 3.61. The van der Waals surface area contributed by atoms with Crippen LogP contribution >= 0.6 is 11.6 Å². The van der Waals surface area contributed by atoms with Crippen molar-refractivity contribution < 1.29 is 9.90 Å². The monoisotopic (exact) mass is 311 g/mol. The summed E-state index contributed by atoms with van der Waals surface area (Å²) in [5, 5.41) is 23.7. The normalized spacial score (nSPS) is 10.5. The van der Waals surface area contributed by atoms with Gasteiger partial charge in [-0.3, -0.25) is 4.68 Å². The van der Waals surface area contributed by atoms with E-state index in [4.69, 9.17) is 11.6 Å². The predicted molar refractivity (Wildman–Crippen MR) is 82.0 cm³/mol. The lowest BCUT2D eigenvalue weighted by atomic mass is 10.1. The summed E-state index contributed by atoms with van der Waals surface area (Å²) in [6.45, 7) is 0.299. The molecule has 0 aliphatic heterocycles. The van der Waals surface area contributed by atoms with Crippen molar-refractivity contribution in [2.24, 2.45) is 0 Å². The van der Waals surface area contributed by atoms with E-state index in [1.165, 1.54) is 0 Å². The van der Waals surface area contributed by atoms with Crippen LogP contribution in [0.1, 0.15) is 21.6 Å². The zero-order chi connectivity index (χ0) is 15.7. The molecule has 108 valence electrons. The summed E-state index contributed by atoms with van der Waals surface area (Å²) in [6, 6.07) is 14.2. The van der Waals surface area contributed by atoms with Crippen molar-refractivity contribution >= 4 is 28.5 Å². The number of carboxylic acids is 1. The topological polar surface area (TPSA) is 78.9 Å². The van der Waals surface area contributed by atoms with E-state index < -0.39 is 5.97 Å². The fourth-order valence-corrected chi connectivity index (χ4v) is 2.53. The Morgan fingerprint density at radius 3 is 2.82 bits per heavy atom. The predicted octanol–water partition coefficient (Wildman–Crippen LogP) is 3.31. The molecular formula is C16H10ClN3O2. The molecule has 0 spiro atoms. The van der Waals surface area contributed by atoms with Crippen molar-refractivity contribution in [3.05, 3.63) is 64.3 Å². The quantitative estimate of drug-likeness (QED) is 0.805. The van der Waals surface area contributed by atoms with Crippen molar-refractivity contribution in [2.75, 3.05) is 0 Å². The lowest BCUT2D eigenvalue weighted by Crippen LogP contribution is -2.05. The van der Waals surface area contributed by atoms with Crippen LogP contribution in [0, 0.1) is 11.3 Å². The number of aromatic carboxylic acids is 1. The molecule has 3 aromatic rings. The first kappa shape index (κ1) is 14.1. The summed E-state index contributed by atoms with van der Waals surface area (Å²) < 4.78 is 1.59. The third-order valence-electron chi connectivity index (χ3n) is 3.37. The Morgan fingerprint density at radius 2 is 2.09 bits per heavy atom. The molecule has 1 aromatic heterocycles. The summed E-state index contributed by atoms with van der Waals surface area (Å²) in [6.07, 6.45) is 0. The van der Waals surface area contributed by atoms with E-state index in [0.29, 0.717) is 28.0 Å². The number of halogens is 1. The first-order valence-corrected chi connectivity index (χ1v) is 6.85. The molecule has 0 saturated heterocycles. The van der Waals surface area contributed by atoms with E-state index in [1.54, 1.807) is 41.1 Å². The van der Waals surface area contributed by atoms with E-state index in [0.717, 1.165) is 5.56 Å². The molecule has 3 rings (SSSR count). The first-order chi connectivity index (χ1) is 10.6. The molecule has 6 heteroatoms. The smallest absolute Gasteiger partial charge is 0.357 e. The summed E-state index contributed by atoms with van der Waals surface area (Å²) in [5.74, 6) is -1.08. The van der Waals surface area contributed by atoms with Crippen LogP contribution in [-0.4, -0.2) is 20.9 Å². The number of hydrogen-bond acceptors (Lipinski definition) is 3. The highest BCUT2D eigenvalue weighted by Crippen LogP contribution is 2.22. The van der Waals surface area contributed by atoms with Gasteiger partial charge in [0.15, 0.2) is 5.69 Å². The van der Waals surface area contributed by atoms with Crippen LogP contribution in [-0.2, 0) is 6.54 Å². The Hall–Kier alpha value is -2.84. The number of nitrogens with zero attached hydrogens (tertiary/aromatic N) is 3. The molecule has 0 unspecified atom stereocenters. The molecule has 0 bridgehead atoms. The number of rotatable bonds is 3. The van der Waals surface area contributed by atoms with Crippen LogP contribution in [0.2, 0.25) is 5.02 Å². The van der Waals surface area contributed by atoms with Gasteiger partial charge in [-0.25, -0.2) is 4.79 Å². The zero-order valence-corrected chi connectivity index (χ0v) is 12.1. The Labute approximate surface area is 131 Å². The number of aromatic nitrogens is 2. The van der Waals surface area contributed by atoms with Gasteiger partial charge in [-0.2, -0.15) is 10.4 Å². The fraction of sp³-hybridized carbons (Fsp3) is 0.0625. The standard InChI is InChI=1S/C16H10ClN3O2/c17-12-6-5-10(11(7-12)8-18)9-20-14-4-2-1-3-13(14)15(19-20)16(21)22/h1-7H,9H2,(H,21,22). The molecule has 0 atom stereocenters. The van der Waals surface area contributed by atoms with Gasteiger partial charge in [0, 0.05) is 10.4 Å². The Kier molecular flexibility index (Phi) is 3.53. The molecular weight excluding hydrogens is 302 g/mol. The average molecular weight is 312 g/mol. The molecule has 2 aromatic carbocycles. The molecule has 0 radical (unpaired) electrons. The largest absolute Gasteiger partial charge is 0.476 e. The summed E-state index contributed by atoms with van der Waals surface area (Å²) in [5.41, 5.74) is 1.89. The van der Waals surface area contributed by atoms with E-state index in [9.17, 15) is 15.2 Å². The second kappa shape index (κ2) is 5.51. The SMILES string of the molecule is N#Cc1cc(Cl)ccc1Cn1nc(C(=O)O)c2ccccc21. The van der Waals surface area contributed by atoms with Crippen LogP contribution in [0.5, 0.6) is 0 Å². The van der Waals surface area contributed by atoms with Crippen LogP contribution < -0.4 is 0 Å². The Bertz CT molecular complexity index is 925. The van der Waals surface area contributed by atoms with Crippen molar-refractivity contribution in [2.45, 2.75) is 6.54 Å². The second-order valence-corrected chi connectivity index (χ2v) is 5.18. The maximum atomic E-state index is 11.3. The number of benzene rings is 2. The van der Waals surface area contributed by atoms with Gasteiger partial charge >= 0.3 is 5.97 Å². The Balaban J connectivity index is 2.13. The van der Waals surface area contributed by atoms with Gasteiger partial charge in [0.1, 0.15) is 0 Å². The molecule has 22 heavy (non-hydrogen) atoms. The van der Waals surface area contributed by atoms with E-state index in [-0.39, 0.29) is 5.69 Å². The zero-order valence-electron chi connectivity index (χ0n) is 11.3. The van der Waals surface area contributed by atoms with Crippen molar-refractivity contribution in [3.8, 4) is 6.07 Å². The molecule has 0 aliphatic rings. The van der Waals surface area contributed by atoms with E-state index in [1.807, 2.05) is 6.07 Å². The molecule has 1 N–H and O–H groups in total. The van der Waals surface area contributed by atoms with Gasteiger partial charge in [-0.1, -0.05) is 35.9 Å². The highest BCUT2D eigenvalue weighted by atomic mass is 35.5. The number of hydrogen-bond donors (Lipinski definition) is 1. The van der Waals surface area contributed by atoms with Crippen LogP contribution in [0.4, 0.5) is 0 Å². The molecule has 0 aliphatic carbocycles. The van der Waals surface area contributed by atoms with Crippen molar-refractivity contribution in [1.82, 2.24) is 9.78 Å². The third kappa shape index (κ3) is 2.41. The Morgan fingerprint density at radius 1 is 1.32 bits per heavy atom. The van der Waals surface area contributed by atoms with Gasteiger partial charge in [-0.05, 0) is 23.8 Å². The van der Waals surface area contributed by atoms with Gasteiger partial charge < -0.3 is 5.11 Å². The molecule has 0 amide bonds. The van der Waals surface area contributed by atoms with Crippen LogP contribution in [0.15, 0.2) is 42.5 Å². The summed E-state index contributed by atoms with van der Waals surface area (Å²) in [4.78, 5) is 11.3. The second-order valence-electron chi connectivity index (χ2n) is 4.74. The first-order valence-electron chi connectivity index (χ1n) is 6.47. The van der Waals surface area contributed by atoms with Gasteiger partial charge in [0.05, 0.1) is 23.7 Å². The van der Waals surface area contributed by atoms with Gasteiger partial charge in [0.25, 0.3) is 0 Å². The highest BCUT2D eigenvalue weighted by Gasteiger charge is 2.16. The lowest BCUT2D eigenvalue weighted by molar-refractivity contribution is 0.0691. The molecule has 0 fully saturated rings. The number of carboxylic acid groups (broad SMARTS) is 1. The maximum Gasteiger partial charge on any atom is 0.357 e. The minimum Gasteiger partial charge on any atom is -0.476 e. The number of nitriles is 1. The van der Waals surface area contributed by atoms with Gasteiger partial charge in [-0.15, -0.1) is 0 Å². The minimum atomic E-state index is -1.08. The summed E-state index contributed by atoms with van der Waals surface area (Å²) in [7, 11) is 0. The minimum absolute atomic E-state index is 0.00284. The number of fused-ring (bicyclic) bond motifs is 1.